The number of rotatable bonds is 8. The highest BCUT2D eigenvalue weighted by atomic mass is 19.1. The van der Waals surface area contributed by atoms with Gasteiger partial charge in [0.25, 0.3) is 5.91 Å². The van der Waals surface area contributed by atoms with E-state index in [9.17, 15) is 14.0 Å². The van der Waals surface area contributed by atoms with E-state index in [2.05, 4.69) is 112 Å². The Morgan fingerprint density at radius 2 is 1.33 bits per heavy atom. The molecule has 0 unspecified atom stereocenters. The van der Waals surface area contributed by atoms with Gasteiger partial charge in [0, 0.05) is 49.4 Å². The van der Waals surface area contributed by atoms with Crippen LogP contribution in [0.2, 0.25) is 0 Å². The molecule has 60 heavy (non-hydrogen) atoms. The Balaban J connectivity index is 0.000000160. The summed E-state index contributed by atoms with van der Waals surface area (Å²) in [5, 5.41) is 9.30. The van der Waals surface area contributed by atoms with Crippen molar-refractivity contribution in [3.8, 4) is 0 Å². The number of benzene rings is 6. The first-order chi connectivity index (χ1) is 29.2. The third-order valence-electron chi connectivity index (χ3n) is 13.3. The van der Waals surface area contributed by atoms with E-state index in [4.69, 9.17) is 0 Å². The van der Waals surface area contributed by atoms with Gasteiger partial charge in [-0.15, -0.1) is 0 Å². The molecule has 2 heterocycles. The van der Waals surface area contributed by atoms with E-state index in [1.165, 1.54) is 63.0 Å². The second-order valence-electron chi connectivity index (χ2n) is 16.7. The fourth-order valence-electron chi connectivity index (χ4n) is 9.63. The van der Waals surface area contributed by atoms with E-state index in [0.717, 1.165) is 61.0 Å². The van der Waals surface area contributed by atoms with Crippen molar-refractivity contribution in [3.05, 3.63) is 167 Å². The molecule has 3 aliphatic rings. The normalized spacial score (nSPS) is 16.6. The summed E-state index contributed by atoms with van der Waals surface area (Å²) >= 11 is 0. The zero-order valence-electron chi connectivity index (χ0n) is 35.7. The number of aryl methyl sites for hydroxylation is 2. The minimum absolute atomic E-state index is 0.0399. The monoisotopic (exact) mass is 800 g/mol. The van der Waals surface area contributed by atoms with Gasteiger partial charge >= 0.3 is 0 Å². The summed E-state index contributed by atoms with van der Waals surface area (Å²) in [7, 11) is 3.99. The standard InChI is InChI=1S/C26H27FN2O.C25H24N2O.C2H6/c27-22-8-3-5-19(17-22)18-28-25(30)21-11-15-29(16-12-21)26(13-14-26)24-10-4-7-20-6-1-2-9-23(20)24;1-17-15-19-11-14-26(2)23(19)16-21(17)24(28)27(3)25(12-13-25)22-10-6-8-18-7-4-5-9-20(18)22;1-2/h1-10,17,21H,11-16,18H2,(H,28,30);4-11,14-16H,12-13H2,1-3H3;1-2H3. The Hall–Kier alpha value is -5.79. The predicted molar refractivity (Wildman–Crippen MR) is 243 cm³/mol. The van der Waals surface area contributed by atoms with E-state index in [0.29, 0.717) is 6.54 Å². The molecule has 3 fully saturated rings. The zero-order valence-corrected chi connectivity index (χ0v) is 35.7. The van der Waals surface area contributed by atoms with Crippen molar-refractivity contribution in [2.24, 2.45) is 13.0 Å². The largest absolute Gasteiger partial charge is 0.352 e. The molecule has 0 spiro atoms. The van der Waals surface area contributed by atoms with Gasteiger partial charge in [0.2, 0.25) is 5.91 Å². The molecule has 1 aliphatic heterocycles. The van der Waals surface area contributed by atoms with Crippen LogP contribution in [0.25, 0.3) is 32.4 Å². The first-order valence-corrected chi connectivity index (χ1v) is 21.7. The van der Waals surface area contributed by atoms with Gasteiger partial charge in [-0.25, -0.2) is 4.39 Å². The summed E-state index contributed by atoms with van der Waals surface area (Å²) < 4.78 is 15.4. The molecule has 6 aromatic carbocycles. The number of nitrogens with zero attached hydrogens (tertiary/aromatic N) is 3. The fourth-order valence-corrected chi connectivity index (χ4v) is 9.63. The van der Waals surface area contributed by atoms with E-state index in [-0.39, 0.29) is 34.6 Å². The van der Waals surface area contributed by atoms with Crippen LogP contribution in [0.3, 0.4) is 0 Å². The van der Waals surface area contributed by atoms with E-state index in [1.807, 2.05) is 58.1 Å². The van der Waals surface area contributed by atoms with Crippen molar-refractivity contribution in [1.29, 1.82) is 0 Å². The Morgan fingerprint density at radius 3 is 1.97 bits per heavy atom. The summed E-state index contributed by atoms with van der Waals surface area (Å²) in [6.07, 6.45) is 8.20. The molecule has 0 atom stereocenters. The molecule has 10 rings (SSSR count). The second-order valence-corrected chi connectivity index (χ2v) is 16.7. The van der Waals surface area contributed by atoms with Crippen LogP contribution < -0.4 is 5.32 Å². The Labute approximate surface area is 354 Å². The van der Waals surface area contributed by atoms with Gasteiger partial charge in [-0.3, -0.25) is 14.5 Å². The molecule has 2 aliphatic carbocycles. The second kappa shape index (κ2) is 17.1. The Kier molecular flexibility index (Phi) is 11.6. The number of carbonyl (C=O) groups excluding carboxylic acids is 2. The van der Waals surface area contributed by atoms with Crippen molar-refractivity contribution in [3.63, 3.8) is 0 Å². The van der Waals surface area contributed by atoms with Crippen molar-refractivity contribution in [1.82, 2.24) is 19.7 Å². The smallest absolute Gasteiger partial charge is 0.254 e. The lowest BCUT2D eigenvalue weighted by atomic mass is 9.90. The minimum atomic E-state index is -0.266. The Bertz CT molecular complexity index is 2660. The maximum absolute atomic E-state index is 13.6. The Morgan fingerprint density at radius 1 is 0.733 bits per heavy atom. The summed E-state index contributed by atoms with van der Waals surface area (Å²) in [5.41, 5.74) is 6.37. The predicted octanol–water partition coefficient (Wildman–Crippen LogP) is 11.4. The highest BCUT2D eigenvalue weighted by Gasteiger charge is 2.52. The van der Waals surface area contributed by atoms with Gasteiger partial charge in [0.1, 0.15) is 5.82 Å². The maximum Gasteiger partial charge on any atom is 0.254 e. The van der Waals surface area contributed by atoms with Crippen LogP contribution in [-0.2, 0) is 29.5 Å². The average Bonchev–Trinajstić information content (AvgIpc) is 4.23. The highest BCUT2D eigenvalue weighted by molar-refractivity contribution is 6.01. The zero-order chi connectivity index (χ0) is 42.0. The molecule has 0 radical (unpaired) electrons. The van der Waals surface area contributed by atoms with Crippen molar-refractivity contribution >= 4 is 44.3 Å². The first-order valence-electron chi connectivity index (χ1n) is 21.7. The lowest BCUT2D eigenvalue weighted by Crippen LogP contribution is -2.45. The molecular formula is C53H57FN4O2. The molecule has 1 N–H and O–H groups in total. The average molecular weight is 801 g/mol. The van der Waals surface area contributed by atoms with Crippen LogP contribution >= 0.6 is 0 Å². The molecule has 7 heteroatoms. The lowest BCUT2D eigenvalue weighted by molar-refractivity contribution is -0.126. The van der Waals surface area contributed by atoms with Crippen LogP contribution in [0, 0.1) is 18.7 Å². The van der Waals surface area contributed by atoms with E-state index < -0.39 is 0 Å². The van der Waals surface area contributed by atoms with Crippen molar-refractivity contribution < 1.29 is 14.0 Å². The van der Waals surface area contributed by atoms with Gasteiger partial charge in [-0.2, -0.15) is 0 Å². The number of aromatic nitrogens is 1. The highest BCUT2D eigenvalue weighted by Crippen LogP contribution is 2.54. The molecule has 1 saturated heterocycles. The van der Waals surface area contributed by atoms with Crippen LogP contribution in [0.5, 0.6) is 0 Å². The topological polar surface area (TPSA) is 57.6 Å². The van der Waals surface area contributed by atoms with Crippen LogP contribution in [0.15, 0.2) is 134 Å². The quantitative estimate of drug-likeness (QED) is 0.167. The fraction of sp³-hybridized carbons (Fsp3) is 0.321. The number of amides is 2. The molecule has 1 aromatic heterocycles. The van der Waals surface area contributed by atoms with Gasteiger partial charge in [-0.05, 0) is 138 Å². The molecule has 2 saturated carbocycles. The summed E-state index contributed by atoms with van der Waals surface area (Å²) in [5.74, 6) is -0.0312. The third-order valence-corrected chi connectivity index (χ3v) is 13.3. The molecule has 0 bridgehead atoms. The number of fused-ring (bicyclic) bond motifs is 3. The number of piperidine rings is 1. The number of likely N-dealkylation sites (tertiary alicyclic amines) is 1. The summed E-state index contributed by atoms with van der Waals surface area (Å²) in [4.78, 5) is 30.8. The van der Waals surface area contributed by atoms with E-state index >= 15 is 0 Å². The first kappa shape index (κ1) is 41.0. The molecular weight excluding hydrogens is 744 g/mol. The third kappa shape index (κ3) is 7.83. The minimum Gasteiger partial charge on any atom is -0.352 e. The van der Waals surface area contributed by atoms with E-state index in [1.54, 1.807) is 6.07 Å². The number of carbonyl (C=O) groups is 2. The van der Waals surface area contributed by atoms with Crippen LogP contribution in [0.1, 0.15) is 85.0 Å². The van der Waals surface area contributed by atoms with Crippen LogP contribution in [0.4, 0.5) is 4.39 Å². The van der Waals surface area contributed by atoms with Crippen molar-refractivity contribution in [2.75, 3.05) is 20.1 Å². The number of hydrogen-bond donors (Lipinski definition) is 1. The number of halogens is 1. The summed E-state index contributed by atoms with van der Waals surface area (Å²) in [6, 6.07) is 42.9. The van der Waals surface area contributed by atoms with Crippen molar-refractivity contribution in [2.45, 2.75) is 76.9 Å². The molecule has 2 amide bonds. The van der Waals surface area contributed by atoms with Gasteiger partial charge in [-0.1, -0.05) is 111 Å². The molecule has 308 valence electrons. The van der Waals surface area contributed by atoms with Gasteiger partial charge < -0.3 is 14.8 Å². The van der Waals surface area contributed by atoms with Crippen LogP contribution in [-0.4, -0.2) is 46.3 Å². The molecule has 7 aromatic rings. The van der Waals surface area contributed by atoms with Gasteiger partial charge in [0.15, 0.2) is 0 Å². The lowest BCUT2D eigenvalue weighted by Gasteiger charge is -2.38. The summed E-state index contributed by atoms with van der Waals surface area (Å²) in [6.45, 7) is 8.31. The number of hydrogen-bond acceptors (Lipinski definition) is 3. The number of nitrogens with one attached hydrogen (secondary N) is 1. The van der Waals surface area contributed by atoms with Gasteiger partial charge in [0.05, 0.1) is 5.54 Å². The molecule has 6 nitrogen and oxygen atoms in total. The SMILES string of the molecule is CC.Cc1cc2ccn(C)c2cc1C(=O)N(C)C1(c2cccc3ccccc23)CC1.O=C(NCc1cccc(F)c1)C1CCN(C2(c3cccc4ccccc34)CC2)CC1. The maximum atomic E-state index is 13.6.